The van der Waals surface area contributed by atoms with Gasteiger partial charge >= 0.3 is 5.97 Å². The molecule has 0 unspecified atom stereocenters. The van der Waals surface area contributed by atoms with Crippen LogP contribution in [0.1, 0.15) is 25.3 Å². The average molecular weight is 514 g/mol. The molecule has 0 radical (unpaired) electrons. The molecular weight excluding hydrogens is 486 g/mol. The van der Waals surface area contributed by atoms with E-state index in [1.165, 1.54) is 7.11 Å². The number of hydrogen-bond donors (Lipinski definition) is 0. The summed E-state index contributed by atoms with van der Waals surface area (Å²) in [6.07, 6.45) is 4.00. The Balaban J connectivity index is 1.66. The number of carbonyl (C=O) groups is 1. The van der Waals surface area contributed by atoms with Gasteiger partial charge in [-0.25, -0.2) is 9.97 Å². The summed E-state index contributed by atoms with van der Waals surface area (Å²) in [7, 11) is 1.38. The number of esters is 1. The van der Waals surface area contributed by atoms with Crippen LogP contribution in [0, 0.1) is 5.41 Å². The number of aromatic nitrogens is 3. The second-order valence-electron chi connectivity index (χ2n) is 9.19. The molecule has 0 bridgehead atoms. The van der Waals surface area contributed by atoms with Gasteiger partial charge in [-0.2, -0.15) is 0 Å². The SMILES string of the molecule is COC(=O)C(C)(C)COc1c(Cc2ccco2)nc2c(Sc3ccccc3)nc(-c3ccccc3)cn12. The fraction of sp³-hybridized carbons (Fsp3) is 0.207. The third-order valence-corrected chi connectivity index (χ3v) is 6.83. The molecule has 5 aromatic rings. The van der Waals surface area contributed by atoms with Crippen molar-refractivity contribution in [2.45, 2.75) is 30.2 Å². The van der Waals surface area contributed by atoms with Crippen LogP contribution in [0.15, 0.2) is 99.6 Å². The predicted molar refractivity (Wildman–Crippen MR) is 142 cm³/mol. The van der Waals surface area contributed by atoms with Gasteiger partial charge in [0.25, 0.3) is 0 Å². The van der Waals surface area contributed by atoms with Gasteiger partial charge in [-0.05, 0) is 38.1 Å². The van der Waals surface area contributed by atoms with Crippen LogP contribution in [0.3, 0.4) is 0 Å². The van der Waals surface area contributed by atoms with E-state index in [2.05, 4.69) is 0 Å². The fourth-order valence-electron chi connectivity index (χ4n) is 3.89. The lowest BCUT2D eigenvalue weighted by atomic mass is 9.95. The number of methoxy groups -OCH3 is 1. The largest absolute Gasteiger partial charge is 0.476 e. The van der Waals surface area contributed by atoms with Gasteiger partial charge in [0.05, 0.1) is 30.9 Å². The number of carbonyl (C=O) groups excluding carboxylic acids is 1. The molecule has 0 N–H and O–H groups in total. The van der Waals surface area contributed by atoms with Gasteiger partial charge in [0.2, 0.25) is 5.88 Å². The first-order valence-corrected chi connectivity index (χ1v) is 12.7. The van der Waals surface area contributed by atoms with Gasteiger partial charge in [-0.15, -0.1) is 0 Å². The minimum Gasteiger partial charge on any atom is -0.476 e. The van der Waals surface area contributed by atoms with Crippen LogP contribution in [0.4, 0.5) is 0 Å². The maximum Gasteiger partial charge on any atom is 0.314 e. The first-order chi connectivity index (χ1) is 17.9. The molecule has 0 saturated carbocycles. The zero-order valence-electron chi connectivity index (χ0n) is 20.9. The van der Waals surface area contributed by atoms with E-state index in [9.17, 15) is 4.79 Å². The summed E-state index contributed by atoms with van der Waals surface area (Å²) >= 11 is 1.54. The number of ether oxygens (including phenoxy) is 2. The van der Waals surface area contributed by atoms with E-state index in [0.29, 0.717) is 23.6 Å². The molecule has 3 aromatic heterocycles. The molecule has 0 fully saturated rings. The summed E-state index contributed by atoms with van der Waals surface area (Å²) in [5.41, 5.74) is 2.27. The second-order valence-corrected chi connectivity index (χ2v) is 10.3. The summed E-state index contributed by atoms with van der Waals surface area (Å²) in [4.78, 5) is 23.3. The summed E-state index contributed by atoms with van der Waals surface area (Å²) in [6.45, 7) is 3.70. The van der Waals surface area contributed by atoms with Gasteiger partial charge in [-0.3, -0.25) is 9.20 Å². The third-order valence-electron chi connectivity index (χ3n) is 5.86. The second kappa shape index (κ2) is 10.5. The summed E-state index contributed by atoms with van der Waals surface area (Å²) in [5, 5.41) is 0.746. The van der Waals surface area contributed by atoms with Gasteiger partial charge in [0.1, 0.15) is 23.1 Å². The van der Waals surface area contributed by atoms with Crippen LogP contribution < -0.4 is 4.74 Å². The Morgan fingerprint density at radius 1 is 1.00 bits per heavy atom. The Kier molecular flexibility index (Phi) is 7.01. The topological polar surface area (TPSA) is 78.9 Å². The Morgan fingerprint density at radius 2 is 1.73 bits per heavy atom. The molecule has 2 aromatic carbocycles. The average Bonchev–Trinajstić information content (AvgIpc) is 3.56. The Bertz CT molecular complexity index is 1500. The highest BCUT2D eigenvalue weighted by Crippen LogP contribution is 2.35. The number of furan rings is 1. The highest BCUT2D eigenvalue weighted by atomic mass is 32.2. The summed E-state index contributed by atoms with van der Waals surface area (Å²) in [6, 6.07) is 23.8. The molecule has 0 amide bonds. The Labute approximate surface area is 219 Å². The smallest absolute Gasteiger partial charge is 0.314 e. The predicted octanol–water partition coefficient (Wildman–Crippen LogP) is 6.31. The lowest BCUT2D eigenvalue weighted by Gasteiger charge is -2.21. The minimum atomic E-state index is -0.849. The monoisotopic (exact) mass is 513 g/mol. The van der Waals surface area contributed by atoms with Crippen molar-refractivity contribution in [3.8, 4) is 17.1 Å². The van der Waals surface area contributed by atoms with Crippen molar-refractivity contribution >= 4 is 23.4 Å². The molecule has 37 heavy (non-hydrogen) atoms. The molecule has 5 rings (SSSR count). The number of fused-ring (bicyclic) bond motifs is 1. The van der Waals surface area contributed by atoms with Gasteiger partial charge in [0, 0.05) is 16.7 Å². The van der Waals surface area contributed by atoms with E-state index >= 15 is 0 Å². The quantitative estimate of drug-likeness (QED) is 0.214. The first-order valence-electron chi connectivity index (χ1n) is 11.9. The molecule has 188 valence electrons. The zero-order chi connectivity index (χ0) is 25.8. The molecule has 0 aliphatic carbocycles. The number of nitrogens with zero attached hydrogens (tertiary/aromatic N) is 3. The molecule has 0 saturated heterocycles. The summed E-state index contributed by atoms with van der Waals surface area (Å²) in [5.74, 6) is 0.952. The molecule has 7 nitrogen and oxygen atoms in total. The fourth-order valence-corrected chi connectivity index (χ4v) is 4.79. The van der Waals surface area contributed by atoms with Crippen LogP contribution in [-0.2, 0) is 16.0 Å². The van der Waals surface area contributed by atoms with E-state index in [1.807, 2.05) is 83.4 Å². The van der Waals surface area contributed by atoms with Crippen LogP contribution in [-0.4, -0.2) is 34.1 Å². The van der Waals surface area contributed by atoms with E-state index < -0.39 is 5.41 Å². The molecular formula is C29H27N3O4S. The highest BCUT2D eigenvalue weighted by Gasteiger charge is 2.31. The summed E-state index contributed by atoms with van der Waals surface area (Å²) < 4.78 is 18.9. The van der Waals surface area contributed by atoms with Crippen molar-refractivity contribution in [2.75, 3.05) is 13.7 Å². The minimum absolute atomic E-state index is 0.114. The number of benzene rings is 2. The number of imidazole rings is 1. The Hall–Kier alpha value is -4.04. The highest BCUT2D eigenvalue weighted by molar-refractivity contribution is 7.99. The van der Waals surface area contributed by atoms with Crippen molar-refractivity contribution in [3.05, 3.63) is 96.7 Å². The molecule has 3 heterocycles. The van der Waals surface area contributed by atoms with E-state index in [-0.39, 0.29) is 12.6 Å². The lowest BCUT2D eigenvalue weighted by molar-refractivity contribution is -0.152. The third kappa shape index (κ3) is 5.39. The van der Waals surface area contributed by atoms with Crippen LogP contribution in [0.5, 0.6) is 5.88 Å². The van der Waals surface area contributed by atoms with Crippen molar-refractivity contribution in [2.24, 2.45) is 5.41 Å². The lowest BCUT2D eigenvalue weighted by Crippen LogP contribution is -2.32. The van der Waals surface area contributed by atoms with Crippen molar-refractivity contribution in [1.29, 1.82) is 0 Å². The van der Waals surface area contributed by atoms with Crippen molar-refractivity contribution in [1.82, 2.24) is 14.4 Å². The maximum absolute atomic E-state index is 12.3. The van der Waals surface area contributed by atoms with Crippen LogP contribution >= 0.6 is 11.8 Å². The zero-order valence-corrected chi connectivity index (χ0v) is 21.7. The van der Waals surface area contributed by atoms with Gasteiger partial charge in [0.15, 0.2) is 5.65 Å². The van der Waals surface area contributed by atoms with E-state index in [0.717, 1.165) is 26.9 Å². The van der Waals surface area contributed by atoms with Crippen LogP contribution in [0.25, 0.3) is 16.9 Å². The van der Waals surface area contributed by atoms with Crippen LogP contribution in [0.2, 0.25) is 0 Å². The molecule has 0 atom stereocenters. The van der Waals surface area contributed by atoms with Crippen molar-refractivity contribution < 1.29 is 18.7 Å². The molecule has 0 spiro atoms. The van der Waals surface area contributed by atoms with E-state index in [1.54, 1.807) is 31.9 Å². The maximum atomic E-state index is 12.3. The number of rotatable bonds is 9. The standard InChI is InChI=1S/C29H27N3O4S/c1-29(2,28(33)34-3)19-36-27-23(17-21-13-10-16-35-21)30-25-26(37-22-14-8-5-9-15-22)31-24(18-32(25)27)20-11-6-4-7-12-20/h4-16,18H,17,19H2,1-3H3. The molecule has 0 aliphatic heterocycles. The molecule has 8 heteroatoms. The van der Waals surface area contributed by atoms with Crippen molar-refractivity contribution in [3.63, 3.8) is 0 Å². The Morgan fingerprint density at radius 3 is 2.41 bits per heavy atom. The number of hydrogen-bond acceptors (Lipinski definition) is 7. The molecule has 0 aliphatic rings. The van der Waals surface area contributed by atoms with E-state index in [4.69, 9.17) is 23.9 Å². The van der Waals surface area contributed by atoms with Gasteiger partial charge < -0.3 is 13.9 Å². The van der Waals surface area contributed by atoms with Gasteiger partial charge in [-0.1, -0.05) is 60.3 Å². The normalized spacial score (nSPS) is 11.5. The first kappa shape index (κ1) is 24.6.